The van der Waals surface area contributed by atoms with E-state index >= 15 is 0 Å². The van der Waals surface area contributed by atoms with E-state index in [-0.39, 0.29) is 24.1 Å². The number of benzene rings is 1. The van der Waals surface area contributed by atoms with Crippen molar-refractivity contribution in [3.05, 3.63) is 51.8 Å². The predicted molar refractivity (Wildman–Crippen MR) is 112 cm³/mol. The van der Waals surface area contributed by atoms with E-state index in [1.54, 1.807) is 17.8 Å². The van der Waals surface area contributed by atoms with Gasteiger partial charge in [-0.05, 0) is 37.3 Å². The summed E-state index contributed by atoms with van der Waals surface area (Å²) in [6, 6.07) is 10.9. The zero-order valence-electron chi connectivity index (χ0n) is 15.7. The van der Waals surface area contributed by atoms with Crippen molar-refractivity contribution in [1.29, 1.82) is 0 Å². The van der Waals surface area contributed by atoms with Crippen molar-refractivity contribution in [2.45, 2.75) is 30.4 Å². The number of aromatic nitrogens is 4. The van der Waals surface area contributed by atoms with Gasteiger partial charge in [-0.3, -0.25) is 14.9 Å². The number of rotatable bonds is 6. The number of ether oxygens (including phenoxy) is 1. The number of anilines is 1. The minimum absolute atomic E-state index is 0.0448. The van der Waals surface area contributed by atoms with Gasteiger partial charge in [0.05, 0.1) is 5.69 Å². The predicted octanol–water partition coefficient (Wildman–Crippen LogP) is 2.97. The second kappa shape index (κ2) is 8.85. The zero-order valence-corrected chi connectivity index (χ0v) is 17.3. The van der Waals surface area contributed by atoms with Crippen molar-refractivity contribution in [3.8, 4) is 11.3 Å². The first-order chi connectivity index (χ1) is 14.1. The molecule has 8 nitrogen and oxygen atoms in total. The first-order valence-electron chi connectivity index (χ1n) is 9.10. The second-order valence-electron chi connectivity index (χ2n) is 6.44. The third kappa shape index (κ3) is 4.72. The Bertz CT molecular complexity index is 1060. The molecule has 1 aliphatic rings. The van der Waals surface area contributed by atoms with E-state index in [0.29, 0.717) is 10.8 Å². The van der Waals surface area contributed by atoms with Crippen LogP contribution in [0.5, 0.6) is 0 Å². The van der Waals surface area contributed by atoms with Gasteiger partial charge in [-0.15, -0.1) is 22.0 Å². The van der Waals surface area contributed by atoms with Crippen LogP contribution < -0.4 is 10.9 Å². The topological polar surface area (TPSA) is 99.0 Å². The van der Waals surface area contributed by atoms with Crippen molar-refractivity contribution < 1.29 is 9.53 Å². The molecule has 3 aromatic rings. The van der Waals surface area contributed by atoms with Crippen molar-refractivity contribution in [3.63, 3.8) is 0 Å². The fraction of sp³-hybridized carbons (Fsp3) is 0.316. The molecule has 0 aliphatic carbocycles. The third-order valence-electron chi connectivity index (χ3n) is 4.44. The minimum Gasteiger partial charge on any atom is -0.371 e. The molecule has 0 spiro atoms. The van der Waals surface area contributed by atoms with Crippen molar-refractivity contribution in [2.24, 2.45) is 0 Å². The Hall–Kier alpha value is -2.56. The van der Waals surface area contributed by atoms with Gasteiger partial charge in [0.15, 0.2) is 0 Å². The zero-order chi connectivity index (χ0) is 20.2. The monoisotopic (exact) mass is 429 g/mol. The molecule has 0 bridgehead atoms. The fourth-order valence-electron chi connectivity index (χ4n) is 2.96. The summed E-state index contributed by atoms with van der Waals surface area (Å²) < 4.78 is 6.72. The van der Waals surface area contributed by atoms with Gasteiger partial charge in [0.25, 0.3) is 5.56 Å². The second-order valence-corrected chi connectivity index (χ2v) is 8.33. The molecule has 1 fully saturated rings. The van der Waals surface area contributed by atoms with E-state index < -0.39 is 0 Å². The lowest BCUT2D eigenvalue weighted by molar-refractivity contribution is -0.117. The molecule has 1 saturated heterocycles. The highest BCUT2D eigenvalue weighted by atomic mass is 32.2. The fourth-order valence-corrected chi connectivity index (χ4v) is 4.21. The molecule has 0 unspecified atom stereocenters. The van der Waals surface area contributed by atoms with Gasteiger partial charge in [0, 0.05) is 23.1 Å². The molecule has 1 amide bonds. The van der Waals surface area contributed by atoms with Crippen LogP contribution in [0.2, 0.25) is 0 Å². The lowest BCUT2D eigenvalue weighted by Gasteiger charge is -2.07. The average Bonchev–Trinajstić information content (AvgIpc) is 3.41. The highest BCUT2D eigenvalue weighted by molar-refractivity contribution is 7.98. The molecule has 4 rings (SSSR count). The summed E-state index contributed by atoms with van der Waals surface area (Å²) in [5, 5.41) is 16.2. The maximum Gasteiger partial charge on any atom is 0.267 e. The summed E-state index contributed by atoms with van der Waals surface area (Å²) in [4.78, 5) is 25.7. The Balaban J connectivity index is 1.45. The van der Waals surface area contributed by atoms with Gasteiger partial charge in [-0.2, -0.15) is 5.10 Å². The smallest absolute Gasteiger partial charge is 0.267 e. The van der Waals surface area contributed by atoms with Gasteiger partial charge in [-0.25, -0.2) is 4.68 Å². The van der Waals surface area contributed by atoms with Gasteiger partial charge in [0.2, 0.25) is 11.0 Å². The van der Waals surface area contributed by atoms with E-state index in [9.17, 15) is 9.59 Å². The highest BCUT2D eigenvalue weighted by Gasteiger charge is 2.22. The molecule has 3 heterocycles. The van der Waals surface area contributed by atoms with Crippen LogP contribution in [0.25, 0.3) is 11.3 Å². The van der Waals surface area contributed by atoms with Crippen LogP contribution in [0.15, 0.2) is 46.1 Å². The number of nitrogens with one attached hydrogen (secondary N) is 1. The van der Waals surface area contributed by atoms with E-state index in [1.165, 1.54) is 17.4 Å². The number of thioether (sulfide) groups is 1. The summed E-state index contributed by atoms with van der Waals surface area (Å²) >= 11 is 2.94. The molecule has 10 heteroatoms. The summed E-state index contributed by atoms with van der Waals surface area (Å²) in [7, 11) is 0. The molecule has 0 saturated carbocycles. The van der Waals surface area contributed by atoms with E-state index in [4.69, 9.17) is 4.74 Å². The molecule has 0 radical (unpaired) electrons. The third-order valence-corrected chi connectivity index (χ3v) is 6.11. The number of nitrogens with zero attached hydrogens (tertiary/aromatic N) is 4. The molecule has 2 aromatic heterocycles. The Morgan fingerprint density at radius 3 is 2.83 bits per heavy atom. The Morgan fingerprint density at radius 1 is 1.28 bits per heavy atom. The standard InChI is InChI=1S/C19H19N5O3S2/c1-28-13-6-4-12(5-7-13)14-8-9-17(26)24(23-14)11-16(25)20-19-22-21-18(29-19)15-3-2-10-27-15/h4-9,15H,2-3,10-11H2,1H3,(H,20,22,25)/t15-/m1/s1. The SMILES string of the molecule is CSc1ccc(-c2ccc(=O)n(CC(=O)Nc3nnc([C@H]4CCCO4)s3)n2)cc1. The number of hydrogen-bond donors (Lipinski definition) is 1. The normalized spacial score (nSPS) is 16.1. The first kappa shape index (κ1) is 19.7. The number of amides is 1. The largest absolute Gasteiger partial charge is 0.371 e. The molecule has 150 valence electrons. The van der Waals surface area contributed by atoms with Gasteiger partial charge in [-0.1, -0.05) is 23.5 Å². The van der Waals surface area contributed by atoms with Gasteiger partial charge in [0.1, 0.15) is 17.7 Å². The summed E-state index contributed by atoms with van der Waals surface area (Å²) in [5.74, 6) is -0.385. The van der Waals surface area contributed by atoms with E-state index in [1.807, 2.05) is 30.5 Å². The van der Waals surface area contributed by atoms with Gasteiger partial charge >= 0.3 is 0 Å². The number of carbonyl (C=O) groups is 1. The molecule has 29 heavy (non-hydrogen) atoms. The lowest BCUT2D eigenvalue weighted by atomic mass is 10.1. The molecule has 1 atom stereocenters. The minimum atomic E-state index is -0.385. The lowest BCUT2D eigenvalue weighted by Crippen LogP contribution is -2.29. The average molecular weight is 430 g/mol. The van der Waals surface area contributed by atoms with Crippen LogP contribution in [0.3, 0.4) is 0 Å². The number of hydrogen-bond acceptors (Lipinski definition) is 8. The van der Waals surface area contributed by atoms with Gasteiger partial charge < -0.3 is 4.74 Å². The molecule has 1 aromatic carbocycles. The number of carbonyl (C=O) groups excluding carboxylic acids is 1. The Labute approximate surface area is 175 Å². The summed E-state index contributed by atoms with van der Waals surface area (Å²) in [5.41, 5.74) is 1.16. The first-order valence-corrected chi connectivity index (χ1v) is 11.1. The quantitative estimate of drug-likeness (QED) is 0.602. The van der Waals surface area contributed by atoms with Crippen LogP contribution >= 0.6 is 23.1 Å². The Morgan fingerprint density at radius 2 is 2.10 bits per heavy atom. The molecule has 1 aliphatic heterocycles. The molecule has 1 N–H and O–H groups in total. The maximum absolute atomic E-state index is 12.4. The summed E-state index contributed by atoms with van der Waals surface area (Å²) in [6.07, 6.45) is 3.87. The van der Waals surface area contributed by atoms with Crippen molar-refractivity contribution >= 4 is 34.1 Å². The van der Waals surface area contributed by atoms with Crippen LogP contribution in [0.1, 0.15) is 24.0 Å². The molecular formula is C19H19N5O3S2. The summed E-state index contributed by atoms with van der Waals surface area (Å²) in [6.45, 7) is 0.515. The van der Waals surface area contributed by atoms with Crippen molar-refractivity contribution in [2.75, 3.05) is 18.2 Å². The maximum atomic E-state index is 12.4. The van der Waals surface area contributed by atoms with Crippen LogP contribution in [0, 0.1) is 0 Å². The highest BCUT2D eigenvalue weighted by Crippen LogP contribution is 2.31. The van der Waals surface area contributed by atoms with Crippen LogP contribution in [0.4, 0.5) is 5.13 Å². The molecular weight excluding hydrogens is 410 g/mol. The Kier molecular flexibility index (Phi) is 6.02. The van der Waals surface area contributed by atoms with Crippen LogP contribution in [-0.4, -0.2) is 38.7 Å². The van der Waals surface area contributed by atoms with E-state index in [0.717, 1.165) is 39.6 Å². The van der Waals surface area contributed by atoms with Crippen LogP contribution in [-0.2, 0) is 16.1 Å². The van der Waals surface area contributed by atoms with Crippen molar-refractivity contribution in [1.82, 2.24) is 20.0 Å². The van der Waals surface area contributed by atoms with E-state index in [2.05, 4.69) is 20.6 Å².